The summed E-state index contributed by atoms with van der Waals surface area (Å²) in [5, 5.41) is 86.4. The van der Waals surface area contributed by atoms with Crippen molar-refractivity contribution in [3.05, 3.63) is 279 Å². The van der Waals surface area contributed by atoms with Crippen LogP contribution in [0.1, 0.15) is 136 Å². The standard InChI is InChI=1S/C72H40O16S8/c73-65(74)57-49-33-9-1-25-17-41(33)50(58(57)66(75)76)34-11-3-27(19-42(34)49)91-92-28-5-13-37-45(20-28)53-38-14-6-31(23-46(38)54(37)62(70(83)84)61(53)69(81)82)95-96-32-8-16-40-48(24-32)56-39-15-7-30(22-47(39)55(40)63(71(85)86)64(56)72(87)88)94-93-29-4-12-36-44(21-29)52-35-10-2-26(90-89-25)18-43(35)51(36)59(67(77)78)60(52)68(79)80/h1-24,49-56H,(H,73,74)(H,75,76)(H,77,78)(H,79,80)(H,81,82)(H,83,84)(H,85,86)(H,87,88)/t49-,50-,51-,52-,53-,54-,55-,56-/m1/s1. The number of carboxylic acids is 8. The Hall–Kier alpha value is -8.72. The number of hydrogen-bond donors (Lipinski definition) is 8. The molecule has 0 amide bonds. The Balaban J connectivity index is 0.768. The zero-order chi connectivity index (χ0) is 66.3. The SMILES string of the molecule is O=C(O)C1=C(C(=O)O)[C@@H]2c3ccc4cc3[C@H]1c1ccc(cc12)SSc1ccc2c(c1)[C@@H]1C(C(=O)O)=C(C(=O)O)[C@H]2c2cc(ccc21)SSc1ccc2c(c1)[C@@H]1C(C(=O)O)=C(C(=O)O)[C@H]2c2cc(ccc21)SSc1ccc2c(c1)[C@@H]1C(C(=O)O)=C(C(=O)O)[C@H]2c2cc(ccc21)SS4. The van der Waals surface area contributed by atoms with Gasteiger partial charge in [0.15, 0.2) is 0 Å². The van der Waals surface area contributed by atoms with Gasteiger partial charge in [0, 0.05) is 86.5 Å². The van der Waals surface area contributed by atoms with E-state index in [4.69, 9.17) is 0 Å². The highest BCUT2D eigenvalue weighted by Gasteiger charge is 2.53. The molecule has 24 heteroatoms. The van der Waals surface area contributed by atoms with Gasteiger partial charge in [-0.25, -0.2) is 38.4 Å². The normalized spacial score (nSPS) is 22.3. The first-order valence-electron chi connectivity index (χ1n) is 29.6. The Labute approximate surface area is 574 Å². The van der Waals surface area contributed by atoms with Gasteiger partial charge >= 0.3 is 47.8 Å². The van der Waals surface area contributed by atoms with Crippen LogP contribution >= 0.6 is 86.4 Å². The van der Waals surface area contributed by atoms with Crippen LogP contribution in [0.3, 0.4) is 0 Å². The molecule has 12 aliphatic carbocycles. The van der Waals surface area contributed by atoms with Crippen molar-refractivity contribution in [3.8, 4) is 0 Å². The van der Waals surface area contributed by atoms with Gasteiger partial charge < -0.3 is 40.9 Å². The number of hydrogen-bond acceptors (Lipinski definition) is 16. The lowest BCUT2D eigenvalue weighted by Crippen LogP contribution is -2.34. The fourth-order valence-corrected chi connectivity index (χ4v) is 24.3. The van der Waals surface area contributed by atoms with E-state index in [1.165, 1.54) is 86.4 Å². The highest BCUT2D eigenvalue weighted by molar-refractivity contribution is 8.77. The molecule has 8 atom stereocenters. The van der Waals surface area contributed by atoms with Crippen LogP contribution in [0.15, 0.2) is 229 Å². The van der Waals surface area contributed by atoms with Gasteiger partial charge in [-0.1, -0.05) is 135 Å². The van der Waals surface area contributed by atoms with Crippen molar-refractivity contribution in [1.29, 1.82) is 0 Å². The van der Waals surface area contributed by atoms with Gasteiger partial charge in [0.05, 0.1) is 44.6 Å². The molecule has 0 saturated heterocycles. The summed E-state index contributed by atoms with van der Waals surface area (Å²) < 4.78 is 0. The first kappa shape index (κ1) is 60.9. The monoisotopic (exact) mass is 1420 g/mol. The van der Waals surface area contributed by atoms with E-state index in [-0.39, 0.29) is 44.6 Å². The van der Waals surface area contributed by atoms with Gasteiger partial charge in [-0.2, -0.15) is 0 Å². The van der Waals surface area contributed by atoms with Crippen molar-refractivity contribution in [2.24, 2.45) is 0 Å². The maximum Gasteiger partial charge on any atom is 0.333 e. The van der Waals surface area contributed by atoms with Gasteiger partial charge in [0.2, 0.25) is 0 Å². The summed E-state index contributed by atoms with van der Waals surface area (Å²) in [6.07, 6.45) is 0. The molecule has 16 nitrogen and oxygen atoms in total. The zero-order valence-corrected chi connectivity index (χ0v) is 55.1. The first-order valence-corrected chi connectivity index (χ1v) is 38.2. The molecule has 96 heavy (non-hydrogen) atoms. The van der Waals surface area contributed by atoms with E-state index in [2.05, 4.69) is 0 Å². The first-order chi connectivity index (χ1) is 46.2. The topological polar surface area (TPSA) is 298 Å². The maximum absolute atomic E-state index is 13.3. The minimum Gasteiger partial charge on any atom is -0.478 e. The molecule has 472 valence electrons. The van der Waals surface area contributed by atoms with Crippen LogP contribution in [-0.2, 0) is 38.4 Å². The lowest BCUT2D eigenvalue weighted by molar-refractivity contribution is -0.136. The Morgan fingerprint density at radius 2 is 0.281 bits per heavy atom. The lowest BCUT2D eigenvalue weighted by Gasteiger charge is -2.41. The van der Waals surface area contributed by atoms with Crippen LogP contribution < -0.4 is 0 Å². The molecule has 0 spiro atoms. The van der Waals surface area contributed by atoms with Crippen molar-refractivity contribution in [1.82, 2.24) is 0 Å². The molecular weight excluding hydrogens is 1380 g/mol. The third kappa shape index (κ3) is 9.01. The number of carboxylic acid groups (broad SMARTS) is 8. The van der Waals surface area contributed by atoms with Crippen LogP contribution in [0.5, 0.6) is 0 Å². The average molecular weight is 1420 g/mol. The number of benzene rings is 8. The van der Waals surface area contributed by atoms with Gasteiger partial charge in [0.25, 0.3) is 0 Å². The lowest BCUT2D eigenvalue weighted by atomic mass is 9.61. The summed E-state index contributed by atoms with van der Waals surface area (Å²) in [6.45, 7) is 0. The molecule has 22 heterocycles. The molecule has 0 radical (unpaired) electrons. The van der Waals surface area contributed by atoms with Crippen LogP contribution in [0.25, 0.3) is 0 Å². The van der Waals surface area contributed by atoms with Crippen molar-refractivity contribution < 1.29 is 79.2 Å². The van der Waals surface area contributed by atoms with Crippen molar-refractivity contribution in [2.45, 2.75) is 86.5 Å². The van der Waals surface area contributed by atoms with E-state index in [0.29, 0.717) is 89.0 Å². The van der Waals surface area contributed by atoms with Crippen molar-refractivity contribution in [3.63, 3.8) is 0 Å². The third-order valence-corrected chi connectivity index (χ3v) is 29.2. The second-order valence-electron chi connectivity index (χ2n) is 24.2. The van der Waals surface area contributed by atoms with E-state index in [9.17, 15) is 79.2 Å². The van der Waals surface area contributed by atoms with Crippen molar-refractivity contribution in [2.75, 3.05) is 0 Å². The molecule has 42 rings (SSSR count). The minimum atomic E-state index is -1.36. The van der Waals surface area contributed by atoms with E-state index in [1.807, 2.05) is 146 Å². The summed E-state index contributed by atoms with van der Waals surface area (Å²) in [6, 6.07) is 44.6. The Morgan fingerprint density at radius 1 is 0.177 bits per heavy atom. The molecule has 0 unspecified atom stereocenters. The zero-order valence-electron chi connectivity index (χ0n) is 48.6. The van der Waals surface area contributed by atoms with E-state index in [1.54, 1.807) is 0 Å². The summed E-state index contributed by atoms with van der Waals surface area (Å²) >= 11 is 0. The van der Waals surface area contributed by atoms with Gasteiger partial charge in [-0.3, -0.25) is 0 Å². The third-order valence-electron chi connectivity index (χ3n) is 19.7. The van der Waals surface area contributed by atoms with E-state index in [0.717, 1.165) is 39.2 Å². The fraction of sp³-hybridized carbons (Fsp3) is 0.111. The Bertz CT molecular complexity index is 4300. The largest absolute Gasteiger partial charge is 0.478 e. The predicted molar refractivity (Wildman–Crippen MR) is 362 cm³/mol. The average Bonchev–Trinajstić information content (AvgIpc) is 0.726. The molecule has 8 aromatic carbocycles. The molecule has 0 saturated carbocycles. The molecule has 0 fully saturated rings. The number of aliphatic carboxylic acids is 8. The molecule has 34 aliphatic rings. The summed E-state index contributed by atoms with van der Waals surface area (Å²) in [4.78, 5) is 112. The number of rotatable bonds is 8. The second kappa shape index (κ2) is 22.4. The molecule has 8 N–H and O–H groups in total. The smallest absolute Gasteiger partial charge is 0.333 e. The quantitative estimate of drug-likeness (QED) is 0.0656. The molecule has 8 aromatic rings. The fourth-order valence-electron chi connectivity index (χ4n) is 16.3. The van der Waals surface area contributed by atoms with Crippen LogP contribution in [0.4, 0.5) is 0 Å². The van der Waals surface area contributed by atoms with Gasteiger partial charge in [-0.15, -0.1) is 0 Å². The van der Waals surface area contributed by atoms with Crippen molar-refractivity contribution >= 4 is 134 Å². The Morgan fingerprint density at radius 3 is 0.375 bits per heavy atom. The highest BCUT2D eigenvalue weighted by atomic mass is 33.1. The second-order valence-corrected chi connectivity index (χ2v) is 33.3. The maximum atomic E-state index is 13.3. The molecule has 0 aromatic heterocycles. The van der Waals surface area contributed by atoms with Crippen LogP contribution in [0, 0.1) is 0 Å². The number of carbonyl (C=O) groups is 8. The molecular formula is C72H40O16S8. The summed E-state index contributed by atoms with van der Waals surface area (Å²) in [5.74, 6) is -18.4. The van der Waals surface area contributed by atoms with Gasteiger partial charge in [-0.05, 0) is 186 Å². The molecule has 32 bridgehead atoms. The predicted octanol–water partition coefficient (Wildman–Crippen LogP) is 15.4. The van der Waals surface area contributed by atoms with Crippen LogP contribution in [-0.4, -0.2) is 88.6 Å². The summed E-state index contributed by atoms with van der Waals surface area (Å²) in [5.41, 5.74) is 8.46. The van der Waals surface area contributed by atoms with Gasteiger partial charge in [0.1, 0.15) is 0 Å². The summed E-state index contributed by atoms with van der Waals surface area (Å²) in [7, 11) is 11.0. The van der Waals surface area contributed by atoms with Crippen LogP contribution in [0.2, 0.25) is 0 Å². The highest BCUT2D eigenvalue weighted by Crippen LogP contribution is 2.63. The van der Waals surface area contributed by atoms with E-state index < -0.39 is 95.1 Å². The Kier molecular flexibility index (Phi) is 14.2. The minimum absolute atomic E-state index is 0.229. The molecule has 22 aliphatic heterocycles. The van der Waals surface area contributed by atoms with E-state index >= 15 is 0 Å².